The third kappa shape index (κ3) is 4.43. The van der Waals surface area contributed by atoms with E-state index in [-0.39, 0.29) is 5.91 Å². The lowest BCUT2D eigenvalue weighted by molar-refractivity contribution is 0.0938. The van der Waals surface area contributed by atoms with Crippen LogP contribution in [0, 0.1) is 17.8 Å². The van der Waals surface area contributed by atoms with Crippen molar-refractivity contribution >= 4 is 23.2 Å². The molecule has 0 saturated carbocycles. The van der Waals surface area contributed by atoms with Crippen LogP contribution < -0.4 is 11.1 Å². The minimum atomic E-state index is -0.161. The second kappa shape index (κ2) is 6.80. The van der Waals surface area contributed by atoms with E-state index in [0.29, 0.717) is 40.6 Å². The molecular weight excluding hydrogens is 260 g/mol. The molecule has 1 rings (SSSR count). The van der Waals surface area contributed by atoms with Gasteiger partial charge in [-0.15, -0.1) is 0 Å². The van der Waals surface area contributed by atoms with Crippen LogP contribution >= 0.6 is 11.6 Å². The highest BCUT2D eigenvalue weighted by Crippen LogP contribution is 2.21. The summed E-state index contributed by atoms with van der Waals surface area (Å²) in [6.45, 7) is 9.34. The number of nitrogens with one attached hydrogen (secondary N) is 1. The molecule has 4 heteroatoms. The van der Waals surface area contributed by atoms with Gasteiger partial charge in [-0.2, -0.15) is 0 Å². The summed E-state index contributed by atoms with van der Waals surface area (Å²) in [5.41, 5.74) is 6.69. The zero-order chi connectivity index (χ0) is 14.6. The van der Waals surface area contributed by atoms with Gasteiger partial charge in [-0.1, -0.05) is 39.3 Å². The number of amides is 1. The largest absolute Gasteiger partial charge is 0.398 e. The van der Waals surface area contributed by atoms with Crippen LogP contribution in [0.3, 0.4) is 0 Å². The number of nitrogens with two attached hydrogens (primary N) is 1. The van der Waals surface area contributed by atoms with Gasteiger partial charge in [-0.05, 0) is 36.0 Å². The molecule has 0 spiro atoms. The van der Waals surface area contributed by atoms with Gasteiger partial charge in [0.15, 0.2) is 0 Å². The smallest absolute Gasteiger partial charge is 0.253 e. The Bertz CT molecular complexity index is 436. The van der Waals surface area contributed by atoms with E-state index in [0.717, 1.165) is 0 Å². The maximum atomic E-state index is 12.1. The summed E-state index contributed by atoms with van der Waals surface area (Å²) in [6.07, 6.45) is 0. The maximum absolute atomic E-state index is 12.1. The van der Waals surface area contributed by atoms with Crippen LogP contribution in [0.1, 0.15) is 38.1 Å². The highest BCUT2D eigenvalue weighted by molar-refractivity contribution is 6.31. The third-order valence-electron chi connectivity index (χ3n) is 3.47. The monoisotopic (exact) mass is 282 g/mol. The minimum Gasteiger partial charge on any atom is -0.398 e. The van der Waals surface area contributed by atoms with Gasteiger partial charge >= 0.3 is 0 Å². The number of nitrogen functional groups attached to an aromatic ring is 1. The molecular formula is C15H23ClN2O. The Hall–Kier alpha value is -1.22. The van der Waals surface area contributed by atoms with Gasteiger partial charge in [0.1, 0.15) is 0 Å². The topological polar surface area (TPSA) is 55.1 Å². The summed E-state index contributed by atoms with van der Waals surface area (Å²) in [6, 6.07) is 4.93. The van der Waals surface area contributed by atoms with Crippen LogP contribution in [-0.2, 0) is 0 Å². The Morgan fingerprint density at radius 3 is 2.37 bits per heavy atom. The van der Waals surface area contributed by atoms with Gasteiger partial charge in [-0.25, -0.2) is 0 Å². The van der Waals surface area contributed by atoms with Gasteiger partial charge in [0.2, 0.25) is 0 Å². The summed E-state index contributed by atoms with van der Waals surface area (Å²) >= 11 is 5.89. The molecule has 19 heavy (non-hydrogen) atoms. The Balaban J connectivity index is 2.72. The lowest BCUT2D eigenvalue weighted by Crippen LogP contribution is -2.34. The Morgan fingerprint density at radius 2 is 1.84 bits per heavy atom. The molecule has 0 heterocycles. The van der Waals surface area contributed by atoms with Crippen molar-refractivity contribution in [1.29, 1.82) is 0 Å². The molecule has 106 valence electrons. The first-order valence-electron chi connectivity index (χ1n) is 6.66. The zero-order valence-electron chi connectivity index (χ0n) is 12.0. The number of anilines is 1. The molecule has 3 nitrogen and oxygen atoms in total. The predicted molar refractivity (Wildman–Crippen MR) is 81.4 cm³/mol. The summed E-state index contributed by atoms with van der Waals surface area (Å²) < 4.78 is 0. The SMILES string of the molecule is CC(C)C(CNC(=O)c1cc(Cl)ccc1N)C(C)C. The summed E-state index contributed by atoms with van der Waals surface area (Å²) in [4.78, 5) is 12.1. The number of hydrogen-bond acceptors (Lipinski definition) is 2. The van der Waals surface area contributed by atoms with Crippen molar-refractivity contribution in [3.63, 3.8) is 0 Å². The first-order valence-corrected chi connectivity index (χ1v) is 7.04. The molecule has 0 atom stereocenters. The van der Waals surface area contributed by atoms with E-state index in [9.17, 15) is 4.79 Å². The predicted octanol–water partition coefficient (Wildman–Crippen LogP) is 3.58. The highest BCUT2D eigenvalue weighted by atomic mass is 35.5. The molecule has 1 aromatic carbocycles. The summed E-state index contributed by atoms with van der Waals surface area (Å²) in [5, 5.41) is 3.47. The molecule has 0 aliphatic rings. The fourth-order valence-corrected chi connectivity index (χ4v) is 2.44. The van der Waals surface area contributed by atoms with Crippen molar-refractivity contribution in [1.82, 2.24) is 5.32 Å². The first kappa shape index (κ1) is 15.8. The maximum Gasteiger partial charge on any atom is 0.253 e. The van der Waals surface area contributed by atoms with Crippen LogP contribution in [0.4, 0.5) is 5.69 Å². The number of benzene rings is 1. The van der Waals surface area contributed by atoms with Crippen LogP contribution in [0.5, 0.6) is 0 Å². The number of carbonyl (C=O) groups excluding carboxylic acids is 1. The fraction of sp³-hybridized carbons (Fsp3) is 0.533. The van der Waals surface area contributed by atoms with Crippen LogP contribution in [-0.4, -0.2) is 12.5 Å². The van der Waals surface area contributed by atoms with Crippen LogP contribution in [0.15, 0.2) is 18.2 Å². The lowest BCUT2D eigenvalue weighted by Gasteiger charge is -2.25. The molecule has 0 unspecified atom stereocenters. The Labute approximate surface area is 120 Å². The van der Waals surface area contributed by atoms with Crippen LogP contribution in [0.25, 0.3) is 0 Å². The molecule has 0 fully saturated rings. The molecule has 0 radical (unpaired) electrons. The van der Waals surface area contributed by atoms with E-state index in [4.69, 9.17) is 17.3 Å². The van der Waals surface area contributed by atoms with Crippen molar-refractivity contribution in [3.8, 4) is 0 Å². The average Bonchev–Trinajstić information content (AvgIpc) is 2.31. The van der Waals surface area contributed by atoms with E-state index in [1.165, 1.54) is 0 Å². The second-order valence-electron chi connectivity index (χ2n) is 5.59. The lowest BCUT2D eigenvalue weighted by atomic mass is 9.85. The quantitative estimate of drug-likeness (QED) is 0.811. The molecule has 1 aromatic rings. The fourth-order valence-electron chi connectivity index (χ4n) is 2.27. The zero-order valence-corrected chi connectivity index (χ0v) is 12.8. The van der Waals surface area contributed by atoms with Gasteiger partial charge in [0.05, 0.1) is 5.56 Å². The molecule has 3 N–H and O–H groups in total. The van der Waals surface area contributed by atoms with Crippen molar-refractivity contribution in [2.45, 2.75) is 27.7 Å². The van der Waals surface area contributed by atoms with Crippen LogP contribution in [0.2, 0.25) is 5.02 Å². The van der Waals surface area contributed by atoms with Gasteiger partial charge in [0, 0.05) is 17.3 Å². The molecule has 1 amide bonds. The highest BCUT2D eigenvalue weighted by Gasteiger charge is 2.19. The van der Waals surface area contributed by atoms with E-state index in [2.05, 4.69) is 33.0 Å². The number of carbonyl (C=O) groups is 1. The Kier molecular flexibility index (Phi) is 5.67. The molecule has 0 bridgehead atoms. The van der Waals surface area contributed by atoms with E-state index < -0.39 is 0 Å². The van der Waals surface area contributed by atoms with E-state index in [1.807, 2.05) is 0 Å². The van der Waals surface area contributed by atoms with Crippen molar-refractivity contribution < 1.29 is 4.79 Å². The molecule has 0 saturated heterocycles. The second-order valence-corrected chi connectivity index (χ2v) is 6.03. The van der Waals surface area contributed by atoms with Gasteiger partial charge < -0.3 is 11.1 Å². The third-order valence-corrected chi connectivity index (χ3v) is 3.71. The number of rotatable bonds is 5. The standard InChI is InChI=1S/C15H23ClN2O/c1-9(2)13(10(3)4)8-18-15(19)12-7-11(16)5-6-14(12)17/h5-7,9-10,13H,8,17H2,1-4H3,(H,18,19). The minimum absolute atomic E-state index is 0.161. The van der Waals surface area contributed by atoms with Gasteiger partial charge in [-0.3, -0.25) is 4.79 Å². The first-order chi connectivity index (χ1) is 8.82. The van der Waals surface area contributed by atoms with E-state index >= 15 is 0 Å². The Morgan fingerprint density at radius 1 is 1.26 bits per heavy atom. The van der Waals surface area contributed by atoms with Crippen molar-refractivity contribution in [2.75, 3.05) is 12.3 Å². The number of hydrogen-bond donors (Lipinski definition) is 2. The molecule has 0 aromatic heterocycles. The summed E-state index contributed by atoms with van der Waals surface area (Å²) in [7, 11) is 0. The average molecular weight is 283 g/mol. The van der Waals surface area contributed by atoms with Gasteiger partial charge in [0.25, 0.3) is 5.91 Å². The number of halogens is 1. The summed E-state index contributed by atoms with van der Waals surface area (Å²) in [5.74, 6) is 1.34. The molecule has 0 aliphatic carbocycles. The van der Waals surface area contributed by atoms with E-state index in [1.54, 1.807) is 18.2 Å². The van der Waals surface area contributed by atoms with Crippen molar-refractivity contribution in [3.05, 3.63) is 28.8 Å². The molecule has 0 aliphatic heterocycles. The van der Waals surface area contributed by atoms with Crippen molar-refractivity contribution in [2.24, 2.45) is 17.8 Å². The normalized spacial score (nSPS) is 11.4.